The summed E-state index contributed by atoms with van der Waals surface area (Å²) in [6, 6.07) is 4.90. The summed E-state index contributed by atoms with van der Waals surface area (Å²) in [6.45, 7) is 0. The summed E-state index contributed by atoms with van der Waals surface area (Å²) in [7, 11) is 0. The number of fused-ring (bicyclic) bond motifs is 4. The van der Waals surface area contributed by atoms with Crippen LogP contribution in [0.5, 0.6) is 0 Å². The summed E-state index contributed by atoms with van der Waals surface area (Å²) in [5.74, 6) is 2.35. The molecule has 0 radical (unpaired) electrons. The fourth-order valence-electron chi connectivity index (χ4n) is 4.65. The van der Waals surface area contributed by atoms with Gasteiger partial charge in [-0.15, -0.1) is 0 Å². The zero-order chi connectivity index (χ0) is 18.0. The second kappa shape index (κ2) is 5.75. The van der Waals surface area contributed by atoms with Crippen LogP contribution in [0.4, 0.5) is 5.82 Å². The predicted molar refractivity (Wildman–Crippen MR) is 101 cm³/mol. The van der Waals surface area contributed by atoms with E-state index in [9.17, 15) is 4.79 Å². The van der Waals surface area contributed by atoms with Crippen molar-refractivity contribution in [3.05, 3.63) is 35.8 Å². The summed E-state index contributed by atoms with van der Waals surface area (Å²) in [6.07, 6.45) is 11.0. The van der Waals surface area contributed by atoms with Crippen molar-refractivity contribution in [3.63, 3.8) is 0 Å². The minimum absolute atomic E-state index is 0.152. The summed E-state index contributed by atoms with van der Waals surface area (Å²) < 4.78 is 0. The highest BCUT2D eigenvalue weighted by Gasteiger charge is 2.48. The van der Waals surface area contributed by atoms with E-state index in [1.807, 2.05) is 12.1 Å². The van der Waals surface area contributed by atoms with Gasteiger partial charge in [0.05, 0.1) is 11.7 Å². The molecule has 1 saturated heterocycles. The number of nitrogens with zero attached hydrogens (tertiary/aromatic N) is 4. The van der Waals surface area contributed by atoms with Crippen LogP contribution in [0.2, 0.25) is 0 Å². The Kier molecular flexibility index (Phi) is 3.31. The molecule has 2 aromatic heterocycles. The van der Waals surface area contributed by atoms with E-state index in [1.165, 1.54) is 18.4 Å². The molecule has 2 aliphatic heterocycles. The van der Waals surface area contributed by atoms with E-state index in [0.29, 0.717) is 18.0 Å². The third-order valence-corrected chi connectivity index (χ3v) is 6.33. The van der Waals surface area contributed by atoms with E-state index in [-0.39, 0.29) is 12.0 Å². The van der Waals surface area contributed by atoms with Gasteiger partial charge in [-0.05, 0) is 50.7 Å². The lowest BCUT2D eigenvalue weighted by atomic mass is 9.96. The quantitative estimate of drug-likeness (QED) is 0.906. The summed E-state index contributed by atoms with van der Waals surface area (Å²) >= 11 is 0. The molecule has 6 nitrogen and oxygen atoms in total. The third kappa shape index (κ3) is 2.61. The molecule has 1 N–H and O–H groups in total. The molecule has 2 atom stereocenters. The molecule has 138 valence electrons. The first kappa shape index (κ1) is 15.5. The number of nitrogens with one attached hydrogen (secondary N) is 1. The first-order chi connectivity index (χ1) is 13.3. The fourth-order valence-corrected chi connectivity index (χ4v) is 4.65. The number of anilines is 1. The van der Waals surface area contributed by atoms with Crippen LogP contribution in [0.25, 0.3) is 11.4 Å². The molecule has 2 aromatic rings. The van der Waals surface area contributed by atoms with Crippen molar-refractivity contribution in [2.24, 2.45) is 5.92 Å². The first-order valence-corrected chi connectivity index (χ1v) is 10.2. The van der Waals surface area contributed by atoms with Gasteiger partial charge in [-0.1, -0.05) is 0 Å². The van der Waals surface area contributed by atoms with Crippen molar-refractivity contribution < 1.29 is 4.79 Å². The van der Waals surface area contributed by atoms with Gasteiger partial charge in [0.1, 0.15) is 5.82 Å². The van der Waals surface area contributed by atoms with Gasteiger partial charge in [0, 0.05) is 47.9 Å². The molecule has 6 heteroatoms. The Labute approximate surface area is 158 Å². The first-order valence-electron chi connectivity index (χ1n) is 10.2. The molecule has 4 heterocycles. The molecule has 6 rings (SSSR count). The molecular formula is C21H23N5O. The number of aromatic nitrogens is 3. The summed E-state index contributed by atoms with van der Waals surface area (Å²) in [5.41, 5.74) is 3.31. The van der Waals surface area contributed by atoms with Crippen molar-refractivity contribution >= 4 is 11.7 Å². The van der Waals surface area contributed by atoms with Crippen molar-refractivity contribution in [3.8, 4) is 11.4 Å². The number of hydrogen-bond donors (Lipinski definition) is 1. The van der Waals surface area contributed by atoms with Gasteiger partial charge in [-0.25, -0.2) is 9.97 Å². The van der Waals surface area contributed by atoms with Gasteiger partial charge in [0.2, 0.25) is 5.91 Å². The van der Waals surface area contributed by atoms with Gasteiger partial charge in [0.15, 0.2) is 5.82 Å². The van der Waals surface area contributed by atoms with Gasteiger partial charge in [-0.2, -0.15) is 0 Å². The number of amides is 1. The number of rotatable bonds is 4. The van der Waals surface area contributed by atoms with Crippen LogP contribution in [0.1, 0.15) is 55.8 Å². The maximum absolute atomic E-state index is 12.9. The summed E-state index contributed by atoms with van der Waals surface area (Å²) in [5, 5.41) is 3.64. The van der Waals surface area contributed by atoms with E-state index in [0.717, 1.165) is 55.0 Å². The SMILES string of the molecule is O=C(C1CC1)N1C2CCC1c1c(nc(-c3ccncc3)nc1NC1CC1)C2. The van der Waals surface area contributed by atoms with Gasteiger partial charge in [0.25, 0.3) is 0 Å². The minimum atomic E-state index is 0.152. The average molecular weight is 361 g/mol. The summed E-state index contributed by atoms with van der Waals surface area (Å²) in [4.78, 5) is 29.1. The van der Waals surface area contributed by atoms with E-state index in [1.54, 1.807) is 12.4 Å². The molecular weight excluding hydrogens is 338 g/mol. The Hall–Kier alpha value is -2.50. The topological polar surface area (TPSA) is 71.0 Å². The molecule has 4 aliphatic rings. The van der Waals surface area contributed by atoms with Crippen molar-refractivity contribution in [1.82, 2.24) is 19.9 Å². The molecule has 3 fully saturated rings. The lowest BCUT2D eigenvalue weighted by Gasteiger charge is -2.37. The Morgan fingerprint density at radius 2 is 1.85 bits per heavy atom. The Balaban J connectivity index is 1.45. The zero-order valence-corrected chi connectivity index (χ0v) is 15.3. The Morgan fingerprint density at radius 3 is 2.59 bits per heavy atom. The molecule has 2 aliphatic carbocycles. The standard InChI is InChI=1S/C21H23N5O/c27-21(13-1-2-13)26-15-5-6-17(26)18-16(11-15)24-19(12-7-9-22-10-8-12)25-20(18)23-14-3-4-14/h7-10,13-15,17H,1-6,11H2,(H,23,24,25). The molecule has 2 bridgehead atoms. The van der Waals surface area contributed by atoms with Crippen LogP contribution in [-0.2, 0) is 11.2 Å². The van der Waals surface area contributed by atoms with Gasteiger partial charge < -0.3 is 10.2 Å². The maximum Gasteiger partial charge on any atom is 0.226 e. The number of hydrogen-bond acceptors (Lipinski definition) is 5. The predicted octanol–water partition coefficient (Wildman–Crippen LogP) is 3.11. The van der Waals surface area contributed by atoms with E-state index in [2.05, 4.69) is 15.2 Å². The second-order valence-corrected chi connectivity index (χ2v) is 8.38. The lowest BCUT2D eigenvalue weighted by molar-refractivity contribution is -0.136. The maximum atomic E-state index is 12.9. The zero-order valence-electron chi connectivity index (χ0n) is 15.3. The number of pyridine rings is 1. The normalized spacial score (nSPS) is 26.0. The highest BCUT2D eigenvalue weighted by Crippen LogP contribution is 2.49. The van der Waals surface area contributed by atoms with Gasteiger partial charge >= 0.3 is 0 Å². The molecule has 1 amide bonds. The largest absolute Gasteiger partial charge is 0.367 e. The van der Waals surface area contributed by atoms with Crippen LogP contribution >= 0.6 is 0 Å². The monoisotopic (exact) mass is 361 g/mol. The van der Waals surface area contributed by atoms with Crippen LogP contribution in [0.15, 0.2) is 24.5 Å². The fraction of sp³-hybridized carbons (Fsp3) is 0.524. The Morgan fingerprint density at radius 1 is 1.04 bits per heavy atom. The number of carbonyl (C=O) groups is 1. The van der Waals surface area contributed by atoms with Crippen molar-refractivity contribution in [2.75, 3.05) is 5.32 Å². The smallest absolute Gasteiger partial charge is 0.226 e. The molecule has 27 heavy (non-hydrogen) atoms. The minimum Gasteiger partial charge on any atom is -0.367 e. The van der Waals surface area contributed by atoms with Crippen LogP contribution in [-0.4, -0.2) is 37.8 Å². The average Bonchev–Trinajstić information content (AvgIpc) is 3.60. The highest BCUT2D eigenvalue weighted by atomic mass is 16.2. The number of carbonyl (C=O) groups excluding carboxylic acids is 1. The van der Waals surface area contributed by atoms with Crippen LogP contribution in [0.3, 0.4) is 0 Å². The van der Waals surface area contributed by atoms with Gasteiger partial charge in [-0.3, -0.25) is 9.78 Å². The molecule has 2 saturated carbocycles. The van der Waals surface area contributed by atoms with E-state index in [4.69, 9.17) is 9.97 Å². The van der Waals surface area contributed by atoms with Crippen LogP contribution in [0, 0.1) is 5.92 Å². The highest BCUT2D eigenvalue weighted by molar-refractivity contribution is 5.83. The van der Waals surface area contributed by atoms with E-state index < -0.39 is 0 Å². The third-order valence-electron chi connectivity index (χ3n) is 6.33. The molecule has 2 unspecified atom stereocenters. The molecule has 0 spiro atoms. The van der Waals surface area contributed by atoms with E-state index >= 15 is 0 Å². The Bertz CT molecular complexity index is 906. The van der Waals surface area contributed by atoms with Crippen molar-refractivity contribution in [1.29, 1.82) is 0 Å². The molecule has 0 aromatic carbocycles. The van der Waals surface area contributed by atoms with Crippen molar-refractivity contribution in [2.45, 2.75) is 63.1 Å². The second-order valence-electron chi connectivity index (χ2n) is 8.38. The lowest BCUT2D eigenvalue weighted by Crippen LogP contribution is -2.43. The van der Waals surface area contributed by atoms with Crippen LogP contribution < -0.4 is 5.32 Å².